The minimum atomic E-state index is -0.196. The maximum Gasteiger partial charge on any atom is 0.233 e. The maximum atomic E-state index is 11.4. The van der Waals surface area contributed by atoms with Crippen LogP contribution in [0.5, 0.6) is 0 Å². The van der Waals surface area contributed by atoms with Gasteiger partial charge in [-0.15, -0.1) is 0 Å². The molecule has 0 rings (SSSR count). The second-order valence-corrected chi connectivity index (χ2v) is 6.54. The Morgan fingerprint density at radius 3 is 2.25 bits per heavy atom. The molecule has 0 atom stereocenters. The molecule has 0 aliphatic rings. The van der Waals surface area contributed by atoms with Gasteiger partial charge in [0.1, 0.15) is 0 Å². The van der Waals surface area contributed by atoms with E-state index in [2.05, 4.69) is 22.1 Å². The highest BCUT2D eigenvalue weighted by Crippen LogP contribution is 2.19. The van der Waals surface area contributed by atoms with Gasteiger partial charge >= 0.3 is 0 Å². The minimum absolute atomic E-state index is 0.0257. The number of nitrogens with one attached hydrogen (secondary N) is 3. The number of nitrogens with two attached hydrogens (primary N) is 1. The summed E-state index contributed by atoms with van der Waals surface area (Å²) in [5.41, 5.74) is 2.06. The molecule has 20 heavy (non-hydrogen) atoms. The van der Waals surface area contributed by atoms with Crippen molar-refractivity contribution in [1.82, 2.24) is 16.1 Å². The van der Waals surface area contributed by atoms with Crippen LogP contribution in [0.2, 0.25) is 0 Å². The first-order valence-corrected chi connectivity index (χ1v) is 8.88. The standard InChI is InChI=1S/C12H22N4O2S2/c1-2-14-7-9-19-20-10-8-15-11(17)5-3-4-6-12(18)16-13/h1,14H,3-10,13H2,(H,15,17)(H,16,18). The van der Waals surface area contributed by atoms with Gasteiger partial charge in [-0.2, -0.15) is 0 Å². The number of hydrogen-bond acceptors (Lipinski definition) is 6. The van der Waals surface area contributed by atoms with Crippen molar-refractivity contribution in [1.29, 1.82) is 0 Å². The maximum absolute atomic E-state index is 11.4. The molecule has 0 unspecified atom stereocenters. The fourth-order valence-corrected chi connectivity index (χ4v) is 3.06. The topological polar surface area (TPSA) is 96.2 Å². The average Bonchev–Trinajstić information content (AvgIpc) is 2.46. The van der Waals surface area contributed by atoms with Crippen LogP contribution in [0.4, 0.5) is 0 Å². The lowest BCUT2D eigenvalue weighted by atomic mass is 10.2. The van der Waals surface area contributed by atoms with Gasteiger partial charge in [-0.1, -0.05) is 28.0 Å². The number of unbranched alkanes of at least 4 members (excludes halogenated alkanes) is 1. The Balaban J connectivity index is 3.25. The van der Waals surface area contributed by atoms with Crippen molar-refractivity contribution in [3.63, 3.8) is 0 Å². The molecular formula is C12H22N4O2S2. The second-order valence-electron chi connectivity index (χ2n) is 3.84. The van der Waals surface area contributed by atoms with E-state index in [1.807, 2.05) is 0 Å². The van der Waals surface area contributed by atoms with Crippen LogP contribution < -0.4 is 21.9 Å². The van der Waals surface area contributed by atoms with Gasteiger partial charge in [0.15, 0.2) is 0 Å². The number of carbonyl (C=O) groups is 2. The summed E-state index contributed by atoms with van der Waals surface area (Å²) in [4.78, 5) is 22.3. The normalized spacial score (nSPS) is 9.60. The predicted molar refractivity (Wildman–Crippen MR) is 85.6 cm³/mol. The molecule has 6 nitrogen and oxygen atoms in total. The number of hydrazine groups is 1. The van der Waals surface area contributed by atoms with Gasteiger partial charge in [0, 0.05) is 43.5 Å². The Hall–Kier alpha value is -1.04. The number of terminal acetylenes is 1. The van der Waals surface area contributed by atoms with Crippen LogP contribution in [0.3, 0.4) is 0 Å². The lowest BCUT2D eigenvalue weighted by Gasteiger charge is -2.05. The van der Waals surface area contributed by atoms with Crippen molar-refractivity contribution in [2.75, 3.05) is 24.6 Å². The third kappa shape index (κ3) is 13.4. The van der Waals surface area contributed by atoms with Crippen LogP contribution in [0.1, 0.15) is 25.7 Å². The lowest BCUT2D eigenvalue weighted by molar-refractivity contribution is -0.123. The summed E-state index contributed by atoms with van der Waals surface area (Å²) in [5, 5.41) is 5.63. The van der Waals surface area contributed by atoms with Crippen LogP contribution >= 0.6 is 21.6 Å². The smallest absolute Gasteiger partial charge is 0.233 e. The minimum Gasteiger partial charge on any atom is -0.355 e. The van der Waals surface area contributed by atoms with Gasteiger partial charge in [-0.05, 0) is 12.8 Å². The predicted octanol–water partition coefficient (Wildman–Crippen LogP) is 0.215. The van der Waals surface area contributed by atoms with Crippen molar-refractivity contribution in [3.05, 3.63) is 0 Å². The molecule has 0 aliphatic carbocycles. The summed E-state index contributed by atoms with van der Waals surface area (Å²) >= 11 is 0. The van der Waals surface area contributed by atoms with Crippen LogP contribution in [0.15, 0.2) is 0 Å². The van der Waals surface area contributed by atoms with Crippen molar-refractivity contribution in [2.24, 2.45) is 5.84 Å². The fourth-order valence-electron chi connectivity index (χ4n) is 1.25. The van der Waals surface area contributed by atoms with Crippen molar-refractivity contribution in [3.8, 4) is 12.5 Å². The average molecular weight is 318 g/mol. The molecule has 8 heteroatoms. The molecule has 0 bridgehead atoms. The molecule has 2 amide bonds. The van der Waals surface area contributed by atoms with E-state index in [4.69, 9.17) is 12.3 Å². The molecule has 0 fully saturated rings. The van der Waals surface area contributed by atoms with Gasteiger partial charge in [0.05, 0.1) is 0 Å². The second kappa shape index (κ2) is 14.4. The molecule has 0 aromatic carbocycles. The molecule has 0 radical (unpaired) electrons. The zero-order valence-corrected chi connectivity index (χ0v) is 13.1. The van der Waals surface area contributed by atoms with Crippen LogP contribution in [-0.4, -0.2) is 36.4 Å². The Bertz CT molecular complexity index is 321. The first-order valence-electron chi connectivity index (χ1n) is 6.39. The van der Waals surface area contributed by atoms with Crippen molar-refractivity contribution >= 4 is 33.4 Å². The van der Waals surface area contributed by atoms with Gasteiger partial charge in [-0.3, -0.25) is 15.0 Å². The molecule has 0 aromatic rings. The monoisotopic (exact) mass is 318 g/mol. The molecular weight excluding hydrogens is 296 g/mol. The highest BCUT2D eigenvalue weighted by molar-refractivity contribution is 8.76. The summed E-state index contributed by atoms with van der Waals surface area (Å²) in [6.07, 6.45) is 7.22. The van der Waals surface area contributed by atoms with Crippen molar-refractivity contribution in [2.45, 2.75) is 25.7 Å². The zero-order chi connectivity index (χ0) is 15.1. The highest BCUT2D eigenvalue weighted by atomic mass is 33.1. The zero-order valence-electron chi connectivity index (χ0n) is 11.4. The number of rotatable bonds is 12. The number of hydrogen-bond donors (Lipinski definition) is 4. The van der Waals surface area contributed by atoms with E-state index in [9.17, 15) is 9.59 Å². The van der Waals surface area contributed by atoms with E-state index in [0.29, 0.717) is 32.2 Å². The third-order valence-electron chi connectivity index (χ3n) is 2.22. The van der Waals surface area contributed by atoms with E-state index >= 15 is 0 Å². The summed E-state index contributed by atoms with van der Waals surface area (Å²) in [6.45, 7) is 1.44. The quantitative estimate of drug-likeness (QED) is 0.0782. The highest BCUT2D eigenvalue weighted by Gasteiger charge is 2.02. The van der Waals surface area contributed by atoms with Gasteiger partial charge < -0.3 is 10.6 Å². The lowest BCUT2D eigenvalue weighted by Crippen LogP contribution is -2.29. The summed E-state index contributed by atoms with van der Waals surface area (Å²) in [6, 6.07) is 2.36. The van der Waals surface area contributed by atoms with Crippen LogP contribution in [0, 0.1) is 12.5 Å². The Morgan fingerprint density at radius 1 is 1.05 bits per heavy atom. The molecule has 0 aliphatic heterocycles. The Kier molecular flexibility index (Phi) is 13.6. The summed E-state index contributed by atoms with van der Waals surface area (Å²) in [5.74, 6) is 6.58. The van der Waals surface area contributed by atoms with Crippen molar-refractivity contribution < 1.29 is 9.59 Å². The molecule has 114 valence electrons. The molecule has 0 spiro atoms. The van der Waals surface area contributed by atoms with E-state index in [1.165, 1.54) is 0 Å². The van der Waals surface area contributed by atoms with Crippen LogP contribution in [0.25, 0.3) is 0 Å². The number of amides is 2. The summed E-state index contributed by atoms with van der Waals surface area (Å²) < 4.78 is 0. The van der Waals surface area contributed by atoms with E-state index in [0.717, 1.165) is 18.1 Å². The van der Waals surface area contributed by atoms with E-state index in [-0.39, 0.29) is 11.8 Å². The molecule has 0 saturated carbocycles. The largest absolute Gasteiger partial charge is 0.355 e. The van der Waals surface area contributed by atoms with E-state index < -0.39 is 0 Å². The van der Waals surface area contributed by atoms with Crippen LogP contribution in [-0.2, 0) is 9.59 Å². The summed E-state index contributed by atoms with van der Waals surface area (Å²) in [7, 11) is 3.43. The van der Waals surface area contributed by atoms with Gasteiger partial charge in [0.25, 0.3) is 0 Å². The van der Waals surface area contributed by atoms with Gasteiger partial charge in [-0.25, -0.2) is 5.84 Å². The Morgan fingerprint density at radius 2 is 1.65 bits per heavy atom. The molecule has 5 N–H and O–H groups in total. The van der Waals surface area contributed by atoms with Gasteiger partial charge in [0.2, 0.25) is 11.8 Å². The Labute approximate surface area is 128 Å². The molecule has 0 aromatic heterocycles. The fraction of sp³-hybridized carbons (Fsp3) is 0.667. The molecule has 0 saturated heterocycles. The first-order chi connectivity index (χ1) is 9.70. The third-order valence-corrected chi connectivity index (χ3v) is 4.63. The number of carbonyl (C=O) groups excluding carboxylic acids is 2. The van der Waals surface area contributed by atoms with E-state index in [1.54, 1.807) is 21.6 Å². The SMILES string of the molecule is C#CNCCSSCCNC(=O)CCCCC(=O)NN. The molecule has 0 heterocycles. The first kappa shape index (κ1) is 19.0.